The minimum absolute atomic E-state index is 0.100. The Morgan fingerprint density at radius 3 is 2.72 bits per heavy atom. The lowest BCUT2D eigenvalue weighted by Crippen LogP contribution is -2.21. The van der Waals surface area contributed by atoms with Crippen molar-refractivity contribution in [2.45, 2.75) is 26.8 Å². The first-order chi connectivity index (χ1) is 12.1. The van der Waals surface area contributed by atoms with Crippen LogP contribution in [-0.2, 0) is 6.54 Å². The summed E-state index contributed by atoms with van der Waals surface area (Å²) in [6.45, 7) is 4.48. The molecule has 0 N–H and O–H groups in total. The van der Waals surface area contributed by atoms with Crippen LogP contribution in [-0.4, -0.2) is 24.1 Å². The van der Waals surface area contributed by atoms with Gasteiger partial charge in [-0.3, -0.25) is 4.79 Å². The first-order valence-electron chi connectivity index (χ1n) is 8.11. The quantitative estimate of drug-likeness (QED) is 0.565. The molecule has 0 radical (unpaired) electrons. The van der Waals surface area contributed by atoms with Crippen LogP contribution in [0.3, 0.4) is 0 Å². The van der Waals surface area contributed by atoms with Crippen molar-refractivity contribution in [3.05, 3.63) is 57.7 Å². The second-order valence-corrected chi connectivity index (χ2v) is 6.29. The highest BCUT2D eigenvalue weighted by Crippen LogP contribution is 2.31. The summed E-state index contributed by atoms with van der Waals surface area (Å²) >= 11 is 6.43. The number of benzene rings is 1. The average Bonchev–Trinajstić information content (AvgIpc) is 2.96. The molecule has 0 aliphatic heterocycles. The van der Waals surface area contributed by atoms with Gasteiger partial charge in [0.25, 0.3) is 11.3 Å². The number of hydrogen-bond acceptors (Lipinski definition) is 4. The number of aryl methyl sites for hydroxylation is 2. The second kappa shape index (κ2) is 5.97. The average molecular weight is 354 g/mol. The molecule has 3 aromatic heterocycles. The minimum Gasteiger partial charge on any atom is -0.315 e. The number of halogens is 1. The molecule has 1 aromatic carbocycles. The predicted octanol–water partition coefficient (Wildman–Crippen LogP) is 3.48. The van der Waals surface area contributed by atoms with Crippen molar-refractivity contribution in [2.24, 2.45) is 0 Å². The van der Waals surface area contributed by atoms with Gasteiger partial charge >= 0.3 is 0 Å². The Morgan fingerprint density at radius 1 is 1.16 bits per heavy atom. The number of fused-ring (bicyclic) bond motifs is 2. The highest BCUT2D eigenvalue weighted by molar-refractivity contribution is 6.33. The molecule has 4 aromatic rings. The SMILES string of the molecule is CCCn1ccc2nc3nc(C)nn3c(-c3ccccc3Cl)c2c1=O. The monoisotopic (exact) mass is 353 g/mol. The van der Waals surface area contributed by atoms with E-state index in [1.807, 2.05) is 31.2 Å². The molecule has 0 fully saturated rings. The maximum absolute atomic E-state index is 13.1. The van der Waals surface area contributed by atoms with Gasteiger partial charge in [-0.25, -0.2) is 4.98 Å². The summed E-state index contributed by atoms with van der Waals surface area (Å²) in [4.78, 5) is 22.0. The topological polar surface area (TPSA) is 65.1 Å². The highest BCUT2D eigenvalue weighted by Gasteiger charge is 2.19. The van der Waals surface area contributed by atoms with Crippen molar-refractivity contribution < 1.29 is 0 Å². The Balaban J connectivity index is 2.23. The van der Waals surface area contributed by atoms with Crippen LogP contribution >= 0.6 is 11.6 Å². The van der Waals surface area contributed by atoms with Crippen LogP contribution < -0.4 is 5.56 Å². The lowest BCUT2D eigenvalue weighted by molar-refractivity contribution is 0.659. The molecule has 0 saturated carbocycles. The summed E-state index contributed by atoms with van der Waals surface area (Å²) in [5.41, 5.74) is 1.85. The zero-order valence-corrected chi connectivity index (χ0v) is 14.7. The fourth-order valence-electron chi connectivity index (χ4n) is 3.04. The Labute approximate surface area is 148 Å². The predicted molar refractivity (Wildman–Crippen MR) is 98.0 cm³/mol. The summed E-state index contributed by atoms with van der Waals surface area (Å²) in [6.07, 6.45) is 2.64. The molecule has 0 saturated heterocycles. The van der Waals surface area contributed by atoms with Crippen LogP contribution in [0.4, 0.5) is 0 Å². The Hall–Kier alpha value is -2.73. The molecule has 0 atom stereocenters. The van der Waals surface area contributed by atoms with Crippen molar-refractivity contribution in [2.75, 3.05) is 0 Å². The molecule has 3 heterocycles. The maximum atomic E-state index is 13.1. The molecule has 0 spiro atoms. The van der Waals surface area contributed by atoms with Crippen LogP contribution in [0, 0.1) is 6.92 Å². The van der Waals surface area contributed by atoms with Crippen LogP contribution in [0.25, 0.3) is 27.9 Å². The van der Waals surface area contributed by atoms with E-state index in [-0.39, 0.29) is 5.56 Å². The third-order valence-corrected chi connectivity index (χ3v) is 4.43. The third kappa shape index (κ3) is 2.49. The van der Waals surface area contributed by atoms with E-state index in [9.17, 15) is 4.79 Å². The molecule has 4 rings (SSSR count). The van der Waals surface area contributed by atoms with E-state index in [4.69, 9.17) is 11.6 Å². The van der Waals surface area contributed by atoms with Gasteiger partial charge in [0.15, 0.2) is 0 Å². The molecule has 0 bridgehead atoms. The third-order valence-electron chi connectivity index (χ3n) is 4.10. The van der Waals surface area contributed by atoms with Gasteiger partial charge in [0.2, 0.25) is 0 Å². The van der Waals surface area contributed by atoms with Crippen LogP contribution in [0.2, 0.25) is 5.02 Å². The molecule has 6 nitrogen and oxygen atoms in total. The fraction of sp³-hybridized carbons (Fsp3) is 0.222. The van der Waals surface area contributed by atoms with Gasteiger partial charge < -0.3 is 4.57 Å². The van der Waals surface area contributed by atoms with E-state index in [0.717, 1.165) is 12.0 Å². The Kier molecular flexibility index (Phi) is 3.77. The van der Waals surface area contributed by atoms with Gasteiger partial charge in [-0.1, -0.05) is 36.7 Å². The number of aromatic nitrogens is 5. The van der Waals surface area contributed by atoms with Crippen molar-refractivity contribution >= 4 is 28.3 Å². The molecule has 7 heteroatoms. The van der Waals surface area contributed by atoms with Crippen molar-refractivity contribution in [1.82, 2.24) is 24.1 Å². The van der Waals surface area contributed by atoms with Crippen molar-refractivity contribution in [3.63, 3.8) is 0 Å². The normalized spacial score (nSPS) is 11.5. The fourth-order valence-corrected chi connectivity index (χ4v) is 3.26. The van der Waals surface area contributed by atoms with Crippen LogP contribution in [0.15, 0.2) is 41.3 Å². The summed E-state index contributed by atoms with van der Waals surface area (Å²) in [5.74, 6) is 1.04. The Bertz CT molecular complexity index is 1160. The van der Waals surface area contributed by atoms with E-state index >= 15 is 0 Å². The first-order valence-corrected chi connectivity index (χ1v) is 8.49. The van der Waals surface area contributed by atoms with E-state index in [1.165, 1.54) is 0 Å². The standard InChI is InChI=1S/C18H16ClN5O/c1-3-9-23-10-8-14-15(17(23)25)16(12-6-4-5-7-13(12)19)24-18(21-14)20-11(2)22-24/h4-8,10H,3,9H2,1-2H3. The molecule has 0 unspecified atom stereocenters. The maximum Gasteiger partial charge on any atom is 0.262 e. The Morgan fingerprint density at radius 2 is 1.96 bits per heavy atom. The van der Waals surface area contributed by atoms with E-state index in [0.29, 0.717) is 39.8 Å². The molecule has 0 aliphatic rings. The molecule has 25 heavy (non-hydrogen) atoms. The van der Waals surface area contributed by atoms with E-state index < -0.39 is 0 Å². The molecule has 126 valence electrons. The van der Waals surface area contributed by atoms with Crippen molar-refractivity contribution in [1.29, 1.82) is 0 Å². The summed E-state index contributed by atoms with van der Waals surface area (Å²) in [5, 5.41) is 5.49. The molecular formula is C18H16ClN5O. The van der Waals surface area contributed by atoms with Gasteiger partial charge in [-0.2, -0.15) is 9.50 Å². The minimum atomic E-state index is -0.100. The second-order valence-electron chi connectivity index (χ2n) is 5.89. The lowest BCUT2D eigenvalue weighted by Gasteiger charge is -2.12. The van der Waals surface area contributed by atoms with Gasteiger partial charge in [-0.15, -0.1) is 5.10 Å². The van der Waals surface area contributed by atoms with Gasteiger partial charge in [0.1, 0.15) is 5.82 Å². The highest BCUT2D eigenvalue weighted by atomic mass is 35.5. The summed E-state index contributed by atoms with van der Waals surface area (Å²) in [6, 6.07) is 9.26. The number of nitrogens with zero attached hydrogens (tertiary/aromatic N) is 5. The molecule has 0 aliphatic carbocycles. The van der Waals surface area contributed by atoms with Gasteiger partial charge in [-0.05, 0) is 25.5 Å². The largest absolute Gasteiger partial charge is 0.315 e. The zero-order chi connectivity index (χ0) is 17.6. The summed E-state index contributed by atoms with van der Waals surface area (Å²) in [7, 11) is 0. The van der Waals surface area contributed by atoms with E-state index in [1.54, 1.807) is 28.3 Å². The van der Waals surface area contributed by atoms with Gasteiger partial charge in [0.05, 0.1) is 16.6 Å². The number of hydrogen-bond donors (Lipinski definition) is 0. The van der Waals surface area contributed by atoms with Crippen molar-refractivity contribution in [3.8, 4) is 11.3 Å². The molecular weight excluding hydrogens is 338 g/mol. The van der Waals surface area contributed by atoms with E-state index in [2.05, 4.69) is 15.1 Å². The molecule has 0 amide bonds. The summed E-state index contributed by atoms with van der Waals surface area (Å²) < 4.78 is 3.30. The zero-order valence-electron chi connectivity index (χ0n) is 13.9. The smallest absolute Gasteiger partial charge is 0.262 e. The lowest BCUT2D eigenvalue weighted by atomic mass is 10.1. The first kappa shape index (κ1) is 15.8. The van der Waals surface area contributed by atoms with Crippen LogP contribution in [0.5, 0.6) is 0 Å². The number of pyridine rings is 1. The number of rotatable bonds is 3. The van der Waals surface area contributed by atoms with Crippen LogP contribution in [0.1, 0.15) is 19.2 Å². The van der Waals surface area contributed by atoms with Gasteiger partial charge in [0, 0.05) is 23.3 Å².